The lowest BCUT2D eigenvalue weighted by atomic mass is 10.0. The van der Waals surface area contributed by atoms with Gasteiger partial charge in [-0.05, 0) is 48.8 Å². The van der Waals surface area contributed by atoms with Crippen molar-refractivity contribution in [2.75, 3.05) is 7.05 Å². The lowest BCUT2D eigenvalue weighted by molar-refractivity contribution is 0.544. The van der Waals surface area contributed by atoms with Gasteiger partial charge in [-0.15, -0.1) is 5.10 Å². The second-order valence-corrected chi connectivity index (χ2v) is 4.66. The van der Waals surface area contributed by atoms with Crippen molar-refractivity contribution in [3.63, 3.8) is 0 Å². The van der Waals surface area contributed by atoms with Gasteiger partial charge in [0.05, 0.1) is 11.7 Å². The second-order valence-electron chi connectivity index (χ2n) is 3.61. The Kier molecular flexibility index (Phi) is 4.04. The molecular weight excluding hydrogens is 261 g/mol. The van der Waals surface area contributed by atoms with Crippen LogP contribution in [-0.4, -0.2) is 16.6 Å². The summed E-state index contributed by atoms with van der Waals surface area (Å²) in [5.41, 5.74) is 1.39. The van der Waals surface area contributed by atoms with Crippen molar-refractivity contribution in [2.24, 2.45) is 0 Å². The number of aromatic nitrogens is 2. The molecule has 1 N–H and O–H groups in total. The molecule has 1 unspecified atom stereocenters. The summed E-state index contributed by atoms with van der Waals surface area (Å²) >= 11 is 7.14. The van der Waals surface area contributed by atoms with Crippen molar-refractivity contribution >= 4 is 23.1 Å². The molecule has 2 rings (SSSR count). The van der Waals surface area contributed by atoms with Gasteiger partial charge in [-0.2, -0.15) is 0 Å². The summed E-state index contributed by atoms with van der Waals surface area (Å²) in [6.45, 7) is 0. The van der Waals surface area contributed by atoms with E-state index in [1.807, 2.05) is 12.4 Å². The lowest BCUT2D eigenvalue weighted by Crippen LogP contribution is -2.19. The molecule has 0 fully saturated rings. The van der Waals surface area contributed by atoms with E-state index in [4.69, 9.17) is 11.6 Å². The normalized spacial score (nSPS) is 12.6. The third kappa shape index (κ3) is 3.00. The number of hydrogen-bond acceptors (Lipinski definition) is 4. The summed E-state index contributed by atoms with van der Waals surface area (Å²) in [4.78, 5) is 0. The van der Waals surface area contributed by atoms with Gasteiger partial charge < -0.3 is 5.32 Å². The van der Waals surface area contributed by atoms with E-state index in [1.165, 1.54) is 17.6 Å². The molecular formula is C11H11ClFN3S. The van der Waals surface area contributed by atoms with Crippen molar-refractivity contribution < 1.29 is 4.39 Å². The quantitative estimate of drug-likeness (QED) is 0.929. The van der Waals surface area contributed by atoms with Gasteiger partial charge in [-0.3, -0.25) is 0 Å². The van der Waals surface area contributed by atoms with Gasteiger partial charge in [0.2, 0.25) is 0 Å². The van der Waals surface area contributed by atoms with Crippen molar-refractivity contribution in [1.29, 1.82) is 0 Å². The van der Waals surface area contributed by atoms with E-state index in [-0.39, 0.29) is 11.9 Å². The van der Waals surface area contributed by atoms with Gasteiger partial charge in [0.25, 0.3) is 0 Å². The fourth-order valence-corrected chi connectivity index (χ4v) is 2.30. The van der Waals surface area contributed by atoms with E-state index in [2.05, 4.69) is 14.9 Å². The molecule has 2 aromatic rings. The molecule has 3 nitrogen and oxygen atoms in total. The largest absolute Gasteiger partial charge is 0.311 e. The maximum absolute atomic E-state index is 13.6. The molecule has 0 bridgehead atoms. The van der Waals surface area contributed by atoms with Crippen LogP contribution in [0.3, 0.4) is 0 Å². The zero-order valence-corrected chi connectivity index (χ0v) is 10.7. The zero-order valence-electron chi connectivity index (χ0n) is 9.15. The number of hydrogen-bond donors (Lipinski definition) is 1. The van der Waals surface area contributed by atoms with E-state index in [9.17, 15) is 4.39 Å². The Bertz CT molecular complexity index is 489. The van der Waals surface area contributed by atoms with Crippen LogP contribution in [0.25, 0.3) is 0 Å². The van der Waals surface area contributed by atoms with Crippen LogP contribution < -0.4 is 5.32 Å². The van der Waals surface area contributed by atoms with Gasteiger partial charge >= 0.3 is 0 Å². The molecule has 90 valence electrons. The lowest BCUT2D eigenvalue weighted by Gasteiger charge is -2.13. The van der Waals surface area contributed by atoms with E-state index in [1.54, 1.807) is 12.1 Å². The van der Waals surface area contributed by atoms with Crippen LogP contribution in [-0.2, 0) is 6.42 Å². The summed E-state index contributed by atoms with van der Waals surface area (Å²) in [5, 5.41) is 9.47. The van der Waals surface area contributed by atoms with E-state index in [0.717, 1.165) is 5.69 Å². The first kappa shape index (κ1) is 12.4. The van der Waals surface area contributed by atoms with Crippen LogP contribution in [0.1, 0.15) is 17.3 Å². The molecule has 1 heterocycles. The van der Waals surface area contributed by atoms with Crippen molar-refractivity contribution in [3.05, 3.63) is 45.7 Å². The van der Waals surface area contributed by atoms with Crippen molar-refractivity contribution in [1.82, 2.24) is 14.9 Å². The smallest absolute Gasteiger partial charge is 0.126 e. The highest BCUT2D eigenvalue weighted by atomic mass is 35.5. The van der Waals surface area contributed by atoms with Gasteiger partial charge in [0.15, 0.2) is 0 Å². The van der Waals surface area contributed by atoms with Crippen LogP contribution in [0.5, 0.6) is 0 Å². The van der Waals surface area contributed by atoms with Crippen LogP contribution in [0.4, 0.5) is 4.39 Å². The zero-order chi connectivity index (χ0) is 12.3. The molecule has 0 aliphatic heterocycles. The molecule has 17 heavy (non-hydrogen) atoms. The first-order valence-electron chi connectivity index (χ1n) is 5.09. The second kappa shape index (κ2) is 5.53. The average molecular weight is 272 g/mol. The minimum absolute atomic E-state index is 0.0540. The van der Waals surface area contributed by atoms with E-state index < -0.39 is 0 Å². The van der Waals surface area contributed by atoms with Gasteiger partial charge in [0, 0.05) is 10.4 Å². The topological polar surface area (TPSA) is 37.8 Å². The Hall–Kier alpha value is -1.04. The highest BCUT2D eigenvalue weighted by Gasteiger charge is 2.15. The molecule has 1 atom stereocenters. The molecule has 1 aromatic carbocycles. The fourth-order valence-electron chi connectivity index (χ4n) is 1.60. The molecule has 0 amide bonds. The Morgan fingerprint density at radius 1 is 1.53 bits per heavy atom. The third-order valence-electron chi connectivity index (χ3n) is 2.51. The van der Waals surface area contributed by atoms with Crippen LogP contribution in [0, 0.1) is 5.82 Å². The third-order valence-corrected chi connectivity index (χ3v) is 3.27. The van der Waals surface area contributed by atoms with Crippen molar-refractivity contribution in [2.45, 2.75) is 12.5 Å². The minimum atomic E-state index is -0.252. The molecule has 0 radical (unpaired) electrons. The predicted octanol–water partition coefficient (Wildman–Crippen LogP) is 2.83. The first-order valence-corrected chi connectivity index (χ1v) is 6.30. The van der Waals surface area contributed by atoms with E-state index in [0.29, 0.717) is 17.0 Å². The van der Waals surface area contributed by atoms with Gasteiger partial charge in [-0.1, -0.05) is 16.1 Å². The average Bonchev–Trinajstić information content (AvgIpc) is 2.84. The Labute approximate surface area is 108 Å². The molecule has 1 aromatic heterocycles. The Morgan fingerprint density at radius 2 is 2.35 bits per heavy atom. The SMILES string of the molecule is CNC(Cc1cc(Cl)ccc1F)c1csnn1. The standard InChI is InChI=1S/C11H11ClFN3S/c1-14-10(11-6-17-16-15-11)5-7-4-8(12)2-3-9(7)13/h2-4,6,10,14H,5H2,1H3. The molecule has 0 aliphatic carbocycles. The minimum Gasteiger partial charge on any atom is -0.311 e. The molecule has 0 saturated heterocycles. The Balaban J connectivity index is 2.21. The summed E-state index contributed by atoms with van der Waals surface area (Å²) in [7, 11) is 1.81. The van der Waals surface area contributed by atoms with Gasteiger partial charge in [-0.25, -0.2) is 4.39 Å². The number of benzene rings is 1. The van der Waals surface area contributed by atoms with Crippen LogP contribution >= 0.6 is 23.1 Å². The summed E-state index contributed by atoms with van der Waals surface area (Å²) < 4.78 is 17.4. The predicted molar refractivity (Wildman–Crippen MR) is 66.8 cm³/mol. The summed E-state index contributed by atoms with van der Waals surface area (Å²) in [6.07, 6.45) is 0.494. The molecule has 0 saturated carbocycles. The highest BCUT2D eigenvalue weighted by Crippen LogP contribution is 2.21. The molecule has 0 aliphatic rings. The Morgan fingerprint density at radius 3 is 3.00 bits per heavy atom. The molecule has 0 spiro atoms. The number of rotatable bonds is 4. The maximum Gasteiger partial charge on any atom is 0.126 e. The number of nitrogens with one attached hydrogen (secondary N) is 1. The summed E-state index contributed by atoms with van der Waals surface area (Å²) in [5.74, 6) is -0.252. The van der Waals surface area contributed by atoms with Crippen LogP contribution in [0.2, 0.25) is 5.02 Å². The highest BCUT2D eigenvalue weighted by molar-refractivity contribution is 7.03. The summed E-state index contributed by atoms with van der Waals surface area (Å²) in [6, 6.07) is 4.51. The van der Waals surface area contributed by atoms with Crippen LogP contribution in [0.15, 0.2) is 23.6 Å². The number of nitrogens with zero attached hydrogens (tertiary/aromatic N) is 2. The fraction of sp³-hybridized carbons (Fsp3) is 0.273. The first-order chi connectivity index (χ1) is 8.20. The number of likely N-dealkylation sites (N-methyl/N-ethyl adjacent to an activating group) is 1. The van der Waals surface area contributed by atoms with E-state index >= 15 is 0 Å². The number of halogens is 2. The maximum atomic E-state index is 13.6. The van der Waals surface area contributed by atoms with Gasteiger partial charge in [0.1, 0.15) is 5.82 Å². The monoisotopic (exact) mass is 271 g/mol. The van der Waals surface area contributed by atoms with Crippen molar-refractivity contribution in [3.8, 4) is 0 Å². The molecule has 6 heteroatoms.